The maximum Gasteiger partial charge on any atom is 0.193 e. The van der Waals surface area contributed by atoms with E-state index in [2.05, 4.69) is 30.5 Å². The van der Waals surface area contributed by atoms with Gasteiger partial charge in [0.1, 0.15) is 29.8 Å². The highest BCUT2D eigenvalue weighted by Crippen LogP contribution is 2.34. The summed E-state index contributed by atoms with van der Waals surface area (Å²) in [6.45, 7) is 0. The number of nitriles is 1. The van der Waals surface area contributed by atoms with Crippen molar-refractivity contribution in [1.29, 1.82) is 5.26 Å². The number of nitrogens with one attached hydrogen (secondary N) is 2. The number of halogens is 1. The number of rotatable bonds is 6. The Balaban J connectivity index is 1.64. The predicted molar refractivity (Wildman–Crippen MR) is 103 cm³/mol. The molecule has 0 aliphatic heterocycles. The smallest absolute Gasteiger partial charge is 0.193 e. The van der Waals surface area contributed by atoms with E-state index >= 15 is 0 Å². The third-order valence-electron chi connectivity index (χ3n) is 3.62. The minimum Gasteiger partial charge on any atom is -0.453 e. The van der Waals surface area contributed by atoms with Gasteiger partial charge in [-0.3, -0.25) is 0 Å². The zero-order valence-electron chi connectivity index (χ0n) is 14.7. The SMILES string of the molecule is N#Cc1ccc(Nc2ncc(Sc3nnc[nH]3)cc2Oc2ccc(F)cc2)nc1. The van der Waals surface area contributed by atoms with E-state index in [0.717, 1.165) is 4.90 Å². The van der Waals surface area contributed by atoms with E-state index in [1.54, 1.807) is 24.4 Å². The number of aromatic nitrogens is 5. The molecule has 3 aromatic heterocycles. The van der Waals surface area contributed by atoms with E-state index in [-0.39, 0.29) is 5.82 Å². The zero-order valence-corrected chi connectivity index (χ0v) is 15.5. The maximum absolute atomic E-state index is 13.2. The molecule has 0 saturated carbocycles. The molecule has 2 N–H and O–H groups in total. The lowest BCUT2D eigenvalue weighted by Crippen LogP contribution is -1.99. The third-order valence-corrected chi connectivity index (χ3v) is 4.47. The summed E-state index contributed by atoms with van der Waals surface area (Å²) in [6, 6.07) is 12.8. The van der Waals surface area contributed by atoms with Gasteiger partial charge < -0.3 is 15.0 Å². The summed E-state index contributed by atoms with van der Waals surface area (Å²) in [5, 5.41) is 20.3. The molecule has 0 atom stereocenters. The molecule has 0 spiro atoms. The Bertz CT molecular complexity index is 1140. The summed E-state index contributed by atoms with van der Waals surface area (Å²) in [7, 11) is 0. The molecule has 4 rings (SSSR count). The number of hydrogen-bond donors (Lipinski definition) is 2. The van der Waals surface area contributed by atoms with E-state index in [1.165, 1.54) is 48.6 Å². The quantitative estimate of drug-likeness (QED) is 0.488. The highest BCUT2D eigenvalue weighted by molar-refractivity contribution is 7.99. The van der Waals surface area contributed by atoms with Crippen LogP contribution in [0.5, 0.6) is 11.5 Å². The van der Waals surface area contributed by atoms with Gasteiger partial charge in [0.05, 0.1) is 5.56 Å². The Labute approximate surface area is 168 Å². The van der Waals surface area contributed by atoms with Crippen molar-refractivity contribution in [1.82, 2.24) is 25.1 Å². The van der Waals surface area contributed by atoms with Crippen LogP contribution in [0.25, 0.3) is 0 Å². The van der Waals surface area contributed by atoms with Crippen LogP contribution in [0, 0.1) is 17.1 Å². The van der Waals surface area contributed by atoms with Crippen molar-refractivity contribution in [2.45, 2.75) is 10.1 Å². The zero-order chi connectivity index (χ0) is 20.1. The molecule has 0 unspecified atom stereocenters. The fraction of sp³-hybridized carbons (Fsp3) is 0. The number of pyridine rings is 2. The fourth-order valence-electron chi connectivity index (χ4n) is 2.29. The maximum atomic E-state index is 13.2. The molecule has 3 heterocycles. The van der Waals surface area contributed by atoms with Crippen LogP contribution in [-0.4, -0.2) is 25.1 Å². The van der Waals surface area contributed by atoms with E-state index in [9.17, 15) is 4.39 Å². The number of benzene rings is 1. The van der Waals surface area contributed by atoms with Crippen LogP contribution in [0.2, 0.25) is 0 Å². The second-order valence-corrected chi connectivity index (χ2v) is 6.70. The lowest BCUT2D eigenvalue weighted by molar-refractivity contribution is 0.479. The van der Waals surface area contributed by atoms with Gasteiger partial charge in [0.15, 0.2) is 16.7 Å². The Morgan fingerprint density at radius 3 is 2.66 bits per heavy atom. The predicted octanol–water partition coefficient (Wildman–Crippen LogP) is 4.29. The van der Waals surface area contributed by atoms with Crippen LogP contribution in [0.1, 0.15) is 5.56 Å². The number of hydrogen-bond acceptors (Lipinski definition) is 8. The first-order valence-corrected chi connectivity index (χ1v) is 9.12. The van der Waals surface area contributed by atoms with Gasteiger partial charge in [0.25, 0.3) is 0 Å². The first kappa shape index (κ1) is 18.4. The monoisotopic (exact) mass is 405 g/mol. The first-order valence-electron chi connectivity index (χ1n) is 8.30. The Kier molecular flexibility index (Phi) is 5.31. The van der Waals surface area contributed by atoms with Gasteiger partial charge in [-0.25, -0.2) is 14.4 Å². The van der Waals surface area contributed by atoms with Crippen LogP contribution in [0.3, 0.4) is 0 Å². The molecule has 0 aliphatic carbocycles. The van der Waals surface area contributed by atoms with Gasteiger partial charge in [-0.15, -0.1) is 10.2 Å². The number of anilines is 2. The van der Waals surface area contributed by atoms with Crippen LogP contribution >= 0.6 is 11.8 Å². The minimum atomic E-state index is -0.356. The van der Waals surface area contributed by atoms with Gasteiger partial charge in [0, 0.05) is 23.4 Å². The molecule has 4 aromatic rings. The Morgan fingerprint density at radius 1 is 1.10 bits per heavy atom. The van der Waals surface area contributed by atoms with Crippen LogP contribution < -0.4 is 10.1 Å². The lowest BCUT2D eigenvalue weighted by Gasteiger charge is -2.13. The molecular formula is C19H12FN7OS. The number of H-pyrrole nitrogens is 1. The van der Waals surface area contributed by atoms with E-state index in [0.29, 0.717) is 33.9 Å². The fourth-order valence-corrected chi connectivity index (χ4v) is 2.99. The average Bonchev–Trinajstić information content (AvgIpc) is 3.25. The molecule has 0 aliphatic rings. The van der Waals surface area contributed by atoms with Crippen molar-refractivity contribution in [2.75, 3.05) is 5.32 Å². The highest BCUT2D eigenvalue weighted by atomic mass is 32.2. The highest BCUT2D eigenvalue weighted by Gasteiger charge is 2.12. The Hall–Kier alpha value is -3.97. The van der Waals surface area contributed by atoms with E-state index < -0.39 is 0 Å². The van der Waals surface area contributed by atoms with Crippen LogP contribution in [0.4, 0.5) is 16.0 Å². The number of ether oxygens (including phenoxy) is 1. The molecule has 1 aromatic carbocycles. The summed E-state index contributed by atoms with van der Waals surface area (Å²) in [5.41, 5.74) is 0.449. The molecule has 0 bridgehead atoms. The lowest BCUT2D eigenvalue weighted by atomic mass is 10.3. The van der Waals surface area contributed by atoms with Crippen molar-refractivity contribution in [3.8, 4) is 17.6 Å². The van der Waals surface area contributed by atoms with Crippen molar-refractivity contribution < 1.29 is 9.13 Å². The van der Waals surface area contributed by atoms with Gasteiger partial charge in [0.2, 0.25) is 0 Å². The molecule has 142 valence electrons. The second-order valence-electron chi connectivity index (χ2n) is 5.64. The van der Waals surface area contributed by atoms with Gasteiger partial charge in [-0.1, -0.05) is 0 Å². The number of aromatic amines is 1. The molecule has 0 amide bonds. The largest absolute Gasteiger partial charge is 0.453 e. The molecular weight excluding hydrogens is 393 g/mol. The third kappa shape index (κ3) is 4.66. The second kappa shape index (κ2) is 8.37. The first-order chi connectivity index (χ1) is 14.2. The van der Waals surface area contributed by atoms with Crippen molar-refractivity contribution in [3.63, 3.8) is 0 Å². The Morgan fingerprint density at radius 2 is 1.97 bits per heavy atom. The molecule has 10 heteroatoms. The number of nitrogens with zero attached hydrogens (tertiary/aromatic N) is 5. The van der Waals surface area contributed by atoms with E-state index in [4.69, 9.17) is 10.00 Å². The molecule has 0 saturated heterocycles. The normalized spacial score (nSPS) is 10.3. The molecule has 0 radical (unpaired) electrons. The molecule has 8 nitrogen and oxygen atoms in total. The van der Waals surface area contributed by atoms with Crippen molar-refractivity contribution in [3.05, 3.63) is 72.6 Å². The standard InChI is InChI=1S/C19H12FN7OS/c20-13-2-4-14(5-3-13)28-16-7-15(29-19-24-11-25-27-19)10-23-18(16)26-17-6-1-12(8-21)9-22-17/h1-7,9-11H,(H,22,23,26)(H,24,25,27). The van der Waals surface area contributed by atoms with E-state index in [1.807, 2.05) is 6.07 Å². The summed E-state index contributed by atoms with van der Waals surface area (Å²) in [6.07, 6.45) is 4.59. The summed E-state index contributed by atoms with van der Waals surface area (Å²) in [4.78, 5) is 12.3. The van der Waals surface area contributed by atoms with Gasteiger partial charge in [-0.2, -0.15) is 5.26 Å². The van der Waals surface area contributed by atoms with Crippen molar-refractivity contribution >= 4 is 23.4 Å². The topological polar surface area (TPSA) is 112 Å². The molecule has 29 heavy (non-hydrogen) atoms. The van der Waals surface area contributed by atoms with Crippen LogP contribution in [0.15, 0.2) is 71.2 Å². The average molecular weight is 405 g/mol. The van der Waals surface area contributed by atoms with Crippen molar-refractivity contribution in [2.24, 2.45) is 0 Å². The summed E-state index contributed by atoms with van der Waals surface area (Å²) >= 11 is 1.33. The minimum absolute atomic E-state index is 0.356. The van der Waals surface area contributed by atoms with Crippen LogP contribution in [-0.2, 0) is 0 Å². The van der Waals surface area contributed by atoms with Gasteiger partial charge >= 0.3 is 0 Å². The van der Waals surface area contributed by atoms with Gasteiger partial charge in [-0.05, 0) is 48.2 Å². The summed E-state index contributed by atoms with van der Waals surface area (Å²) < 4.78 is 19.1. The molecule has 0 fully saturated rings. The summed E-state index contributed by atoms with van der Waals surface area (Å²) in [5.74, 6) is 1.41.